The Hall–Kier alpha value is 0.0200. The van der Waals surface area contributed by atoms with Crippen molar-refractivity contribution in [1.82, 2.24) is 0 Å². The number of carbonyl (C=O) groups is 1. The third kappa shape index (κ3) is 4.50. The Kier molecular flexibility index (Phi) is 5.61. The molecular formula is C12H22OS. The van der Waals surface area contributed by atoms with Gasteiger partial charge in [0.15, 0.2) is 0 Å². The minimum absolute atomic E-state index is 0.232. The molecule has 14 heavy (non-hydrogen) atoms. The lowest BCUT2D eigenvalue weighted by Crippen LogP contribution is -2.06. The molecule has 0 bridgehead atoms. The Labute approximate surface area is 92.0 Å². The van der Waals surface area contributed by atoms with E-state index in [9.17, 15) is 4.79 Å². The first-order chi connectivity index (χ1) is 6.70. The van der Waals surface area contributed by atoms with Crippen LogP contribution in [0.25, 0.3) is 0 Å². The van der Waals surface area contributed by atoms with Gasteiger partial charge in [0, 0.05) is 17.6 Å². The van der Waals surface area contributed by atoms with E-state index in [4.69, 9.17) is 0 Å². The lowest BCUT2D eigenvalue weighted by molar-refractivity contribution is -0.122. The van der Waals surface area contributed by atoms with Crippen LogP contribution in [0.15, 0.2) is 0 Å². The molecule has 0 spiro atoms. The number of thioether (sulfide) groups is 1. The Balaban J connectivity index is 1.96. The molecular weight excluding hydrogens is 192 g/mol. The second kappa shape index (κ2) is 6.49. The summed E-state index contributed by atoms with van der Waals surface area (Å²) in [6, 6.07) is 0. The molecule has 1 nitrogen and oxygen atoms in total. The number of rotatable bonds is 6. The summed E-state index contributed by atoms with van der Waals surface area (Å²) >= 11 is 2.12. The van der Waals surface area contributed by atoms with Crippen molar-refractivity contribution in [3.05, 3.63) is 0 Å². The molecule has 1 saturated heterocycles. The van der Waals surface area contributed by atoms with Crippen LogP contribution in [0.3, 0.4) is 0 Å². The zero-order valence-corrected chi connectivity index (χ0v) is 10.2. The van der Waals surface area contributed by atoms with E-state index in [0.717, 1.165) is 18.1 Å². The molecule has 0 saturated carbocycles. The Morgan fingerprint density at radius 2 is 2.21 bits per heavy atom. The highest BCUT2D eigenvalue weighted by molar-refractivity contribution is 8.00. The maximum atomic E-state index is 11.3. The van der Waals surface area contributed by atoms with Crippen LogP contribution in [0.2, 0.25) is 0 Å². The van der Waals surface area contributed by atoms with Crippen LogP contribution in [-0.4, -0.2) is 16.8 Å². The standard InChI is InChI=1S/C12H22OS/c1-10(2)12(13)8-4-3-6-11-7-5-9-14-11/h10-11H,3-9H2,1-2H3/t11-/m1/s1. The predicted octanol–water partition coefficient (Wildman–Crippen LogP) is 3.67. The summed E-state index contributed by atoms with van der Waals surface area (Å²) in [4.78, 5) is 11.3. The fraction of sp³-hybridized carbons (Fsp3) is 0.917. The van der Waals surface area contributed by atoms with Crippen LogP contribution in [0, 0.1) is 5.92 Å². The predicted molar refractivity (Wildman–Crippen MR) is 63.8 cm³/mol. The number of ketones is 1. The van der Waals surface area contributed by atoms with Gasteiger partial charge in [0.25, 0.3) is 0 Å². The van der Waals surface area contributed by atoms with Gasteiger partial charge in [-0.25, -0.2) is 0 Å². The first-order valence-electron chi connectivity index (χ1n) is 5.84. The Bertz CT molecular complexity index is 171. The quantitative estimate of drug-likeness (QED) is 0.628. The molecule has 0 amide bonds. The second-order valence-corrected chi connectivity index (χ2v) is 5.91. The molecule has 1 aliphatic rings. The number of hydrogen-bond donors (Lipinski definition) is 0. The summed E-state index contributed by atoms with van der Waals surface area (Å²) in [5.41, 5.74) is 0. The van der Waals surface area contributed by atoms with E-state index in [1.165, 1.54) is 31.4 Å². The minimum atomic E-state index is 0.232. The van der Waals surface area contributed by atoms with Gasteiger partial charge in [-0.2, -0.15) is 11.8 Å². The molecule has 0 radical (unpaired) electrons. The van der Waals surface area contributed by atoms with Crippen molar-refractivity contribution >= 4 is 17.5 Å². The van der Waals surface area contributed by atoms with Crippen LogP contribution < -0.4 is 0 Å². The van der Waals surface area contributed by atoms with Gasteiger partial charge in [0.2, 0.25) is 0 Å². The van der Waals surface area contributed by atoms with E-state index in [2.05, 4.69) is 11.8 Å². The number of hydrogen-bond acceptors (Lipinski definition) is 2. The third-order valence-electron chi connectivity index (χ3n) is 2.87. The van der Waals surface area contributed by atoms with Crippen molar-refractivity contribution in [2.45, 2.75) is 57.6 Å². The largest absolute Gasteiger partial charge is 0.299 e. The average molecular weight is 214 g/mol. The van der Waals surface area contributed by atoms with Crippen LogP contribution in [-0.2, 0) is 4.79 Å². The van der Waals surface area contributed by atoms with Gasteiger partial charge in [0.1, 0.15) is 5.78 Å². The maximum absolute atomic E-state index is 11.3. The fourth-order valence-corrected chi connectivity index (χ4v) is 3.17. The van der Waals surface area contributed by atoms with Crippen molar-refractivity contribution in [2.75, 3.05) is 5.75 Å². The molecule has 0 aliphatic carbocycles. The molecule has 0 aromatic heterocycles. The molecule has 1 atom stereocenters. The zero-order valence-electron chi connectivity index (χ0n) is 9.42. The van der Waals surface area contributed by atoms with E-state index in [1.54, 1.807) is 0 Å². The summed E-state index contributed by atoms with van der Waals surface area (Å²) in [6.45, 7) is 3.99. The molecule has 0 aromatic carbocycles. The van der Waals surface area contributed by atoms with Gasteiger partial charge in [-0.1, -0.05) is 20.3 Å². The lowest BCUT2D eigenvalue weighted by atomic mass is 10.0. The van der Waals surface area contributed by atoms with Gasteiger partial charge in [-0.3, -0.25) is 4.79 Å². The molecule has 0 N–H and O–H groups in total. The SMILES string of the molecule is CC(C)C(=O)CCCC[C@@H]1CCCS1. The van der Waals surface area contributed by atoms with Crippen molar-refractivity contribution in [3.63, 3.8) is 0 Å². The van der Waals surface area contributed by atoms with E-state index < -0.39 is 0 Å². The van der Waals surface area contributed by atoms with E-state index in [-0.39, 0.29) is 5.92 Å². The Morgan fingerprint density at radius 3 is 2.79 bits per heavy atom. The number of carbonyl (C=O) groups excluding carboxylic acids is 1. The fourth-order valence-electron chi connectivity index (χ4n) is 1.83. The van der Waals surface area contributed by atoms with E-state index in [0.29, 0.717) is 5.78 Å². The molecule has 1 rings (SSSR count). The summed E-state index contributed by atoms with van der Waals surface area (Å²) in [6.07, 6.45) is 7.29. The first kappa shape index (κ1) is 12.1. The maximum Gasteiger partial charge on any atom is 0.135 e. The number of Topliss-reactive ketones (excluding diaryl/α,β-unsaturated/α-hetero) is 1. The number of unbranched alkanes of at least 4 members (excludes halogenated alkanes) is 1. The minimum Gasteiger partial charge on any atom is -0.299 e. The lowest BCUT2D eigenvalue weighted by Gasteiger charge is -2.08. The van der Waals surface area contributed by atoms with Gasteiger partial charge in [-0.05, 0) is 31.4 Å². The molecule has 1 aliphatic heterocycles. The van der Waals surface area contributed by atoms with Gasteiger partial charge in [-0.15, -0.1) is 0 Å². The van der Waals surface area contributed by atoms with Crippen molar-refractivity contribution in [1.29, 1.82) is 0 Å². The molecule has 1 fully saturated rings. The molecule has 0 aromatic rings. The molecule has 2 heteroatoms. The van der Waals surface area contributed by atoms with Crippen molar-refractivity contribution in [3.8, 4) is 0 Å². The topological polar surface area (TPSA) is 17.1 Å². The van der Waals surface area contributed by atoms with Crippen LogP contribution in [0.5, 0.6) is 0 Å². The van der Waals surface area contributed by atoms with Crippen LogP contribution in [0.4, 0.5) is 0 Å². The van der Waals surface area contributed by atoms with Gasteiger partial charge >= 0.3 is 0 Å². The highest BCUT2D eigenvalue weighted by Crippen LogP contribution is 2.30. The monoisotopic (exact) mass is 214 g/mol. The summed E-state index contributed by atoms with van der Waals surface area (Å²) < 4.78 is 0. The summed E-state index contributed by atoms with van der Waals surface area (Å²) in [7, 11) is 0. The first-order valence-corrected chi connectivity index (χ1v) is 6.89. The van der Waals surface area contributed by atoms with Crippen molar-refractivity contribution < 1.29 is 4.79 Å². The van der Waals surface area contributed by atoms with Crippen LogP contribution in [0.1, 0.15) is 52.4 Å². The average Bonchev–Trinajstić information content (AvgIpc) is 2.64. The van der Waals surface area contributed by atoms with Crippen molar-refractivity contribution in [2.24, 2.45) is 5.92 Å². The zero-order chi connectivity index (χ0) is 10.4. The van der Waals surface area contributed by atoms with E-state index in [1.807, 2.05) is 13.8 Å². The summed E-state index contributed by atoms with van der Waals surface area (Å²) in [5, 5.41) is 0.907. The third-order valence-corrected chi connectivity index (χ3v) is 4.33. The molecule has 0 unspecified atom stereocenters. The highest BCUT2D eigenvalue weighted by atomic mass is 32.2. The van der Waals surface area contributed by atoms with E-state index >= 15 is 0 Å². The highest BCUT2D eigenvalue weighted by Gasteiger charge is 2.15. The second-order valence-electron chi connectivity index (χ2n) is 4.50. The van der Waals surface area contributed by atoms with Gasteiger partial charge < -0.3 is 0 Å². The van der Waals surface area contributed by atoms with Gasteiger partial charge in [0.05, 0.1) is 0 Å². The Morgan fingerprint density at radius 1 is 1.43 bits per heavy atom. The molecule has 82 valence electrons. The normalized spacial score (nSPS) is 21.8. The molecule has 1 heterocycles. The van der Waals surface area contributed by atoms with Crippen LogP contribution >= 0.6 is 11.8 Å². The smallest absolute Gasteiger partial charge is 0.135 e. The summed E-state index contributed by atoms with van der Waals surface area (Å²) in [5.74, 6) is 2.02.